The van der Waals surface area contributed by atoms with E-state index in [0.717, 1.165) is 13.8 Å². The molecule has 104 valence electrons. The van der Waals surface area contributed by atoms with Crippen molar-refractivity contribution < 1.29 is 23.3 Å². The lowest BCUT2D eigenvalue weighted by Gasteiger charge is -2.38. The number of nitrogens with two attached hydrogens (primary N) is 1. The van der Waals surface area contributed by atoms with Crippen molar-refractivity contribution in [1.29, 1.82) is 0 Å². The average molecular weight is 273 g/mol. The average Bonchev–Trinajstić information content (AvgIpc) is 2.32. The first-order chi connectivity index (χ1) is 8.66. The van der Waals surface area contributed by atoms with Crippen LogP contribution in [-0.2, 0) is 4.79 Å². The summed E-state index contributed by atoms with van der Waals surface area (Å²) in [6.45, 7) is 2.13. The number of alkyl halides is 3. The maximum Gasteiger partial charge on any atom is 0.400 e. The molecule has 0 saturated heterocycles. The molecule has 6 heteroatoms. The summed E-state index contributed by atoms with van der Waals surface area (Å²) in [6, 6.07) is 5.74. The topological polar surface area (TPSA) is 36.9 Å². The number of nitrogens with zero attached hydrogens (tertiary/aromatic N) is 1. The normalized spacial score (nSPS) is 20.4. The number of benzene rings is 1. The summed E-state index contributed by atoms with van der Waals surface area (Å²) < 4.78 is 39.3. The smallest absolute Gasteiger partial charge is 0.305 e. The van der Waals surface area contributed by atoms with Gasteiger partial charge in [0, 0.05) is 13.1 Å². The van der Waals surface area contributed by atoms with E-state index < -0.39 is 23.5 Å². The number of anilines is 1. The second-order valence-electron chi connectivity index (χ2n) is 5.32. The summed E-state index contributed by atoms with van der Waals surface area (Å²) in [4.78, 5) is 13.5. The zero-order chi connectivity index (χ0) is 14.4. The molecular formula is C13H16F3N2O+. The highest BCUT2D eigenvalue weighted by atomic mass is 19.4. The van der Waals surface area contributed by atoms with Crippen LogP contribution in [0, 0.1) is 5.41 Å². The molecule has 2 rings (SSSR count). The van der Waals surface area contributed by atoms with Gasteiger partial charge in [-0.2, -0.15) is 13.2 Å². The standard InChI is InChI=1S/C13H15F3N2O/c1-12(2,13(14,15)16)10-11(19)18(3)9-7-5-4-6-8(9)17-10/h4-7,10,17H,1-3H3/p+1/t10-/m1/s1. The third-order valence-corrected chi connectivity index (χ3v) is 3.75. The van der Waals surface area contributed by atoms with Gasteiger partial charge >= 0.3 is 6.18 Å². The van der Waals surface area contributed by atoms with Crippen LogP contribution in [0.3, 0.4) is 0 Å². The molecule has 0 aromatic heterocycles. The number of amides is 1. The third-order valence-electron chi connectivity index (χ3n) is 3.75. The molecule has 3 nitrogen and oxygen atoms in total. The minimum atomic E-state index is -4.43. The van der Waals surface area contributed by atoms with E-state index in [2.05, 4.69) is 0 Å². The molecular weight excluding hydrogens is 257 g/mol. The van der Waals surface area contributed by atoms with Gasteiger partial charge in [0.05, 0.1) is 0 Å². The van der Waals surface area contributed by atoms with Gasteiger partial charge in [-0.1, -0.05) is 12.1 Å². The molecule has 1 amide bonds. The first kappa shape index (κ1) is 13.9. The Kier molecular flexibility index (Phi) is 3.09. The van der Waals surface area contributed by atoms with Crippen molar-refractivity contribution in [2.45, 2.75) is 26.1 Å². The van der Waals surface area contributed by atoms with Crippen LogP contribution in [0.5, 0.6) is 0 Å². The van der Waals surface area contributed by atoms with Crippen molar-refractivity contribution in [3.05, 3.63) is 24.3 Å². The fourth-order valence-electron chi connectivity index (χ4n) is 2.21. The van der Waals surface area contributed by atoms with E-state index in [-0.39, 0.29) is 0 Å². The highest BCUT2D eigenvalue weighted by molar-refractivity contribution is 6.00. The summed E-state index contributed by atoms with van der Waals surface area (Å²) in [5.41, 5.74) is -0.792. The molecule has 0 spiro atoms. The Hall–Kier alpha value is -1.56. The quantitative estimate of drug-likeness (QED) is 0.779. The molecule has 0 fully saturated rings. The molecule has 0 radical (unpaired) electrons. The number of quaternary nitrogens is 1. The number of likely N-dealkylation sites (N-methyl/N-ethyl adjacent to an activating group) is 1. The number of rotatable bonds is 1. The van der Waals surface area contributed by atoms with Crippen molar-refractivity contribution in [3.8, 4) is 0 Å². The van der Waals surface area contributed by atoms with Gasteiger partial charge in [-0.3, -0.25) is 4.79 Å². The van der Waals surface area contributed by atoms with Gasteiger partial charge in [-0.15, -0.1) is 0 Å². The third kappa shape index (κ3) is 2.10. The van der Waals surface area contributed by atoms with Crippen LogP contribution < -0.4 is 10.2 Å². The highest BCUT2D eigenvalue weighted by Crippen LogP contribution is 2.41. The lowest BCUT2D eigenvalue weighted by molar-refractivity contribution is -0.620. The number of halogens is 3. The van der Waals surface area contributed by atoms with E-state index in [1.807, 2.05) is 0 Å². The van der Waals surface area contributed by atoms with E-state index in [9.17, 15) is 18.0 Å². The van der Waals surface area contributed by atoms with Crippen molar-refractivity contribution in [3.63, 3.8) is 0 Å². The molecule has 0 bridgehead atoms. The number of carbonyl (C=O) groups excluding carboxylic acids is 1. The molecule has 1 aliphatic rings. The van der Waals surface area contributed by atoms with Gasteiger partial charge in [0.2, 0.25) is 0 Å². The van der Waals surface area contributed by atoms with Gasteiger partial charge in [0.15, 0.2) is 11.7 Å². The van der Waals surface area contributed by atoms with Crippen LogP contribution in [0.1, 0.15) is 13.8 Å². The van der Waals surface area contributed by atoms with Crippen LogP contribution in [0.4, 0.5) is 24.5 Å². The monoisotopic (exact) mass is 273 g/mol. The number of carbonyl (C=O) groups is 1. The minimum absolute atomic E-state index is 0.527. The fourth-order valence-corrected chi connectivity index (χ4v) is 2.21. The van der Waals surface area contributed by atoms with E-state index in [0.29, 0.717) is 11.4 Å². The van der Waals surface area contributed by atoms with Crippen LogP contribution in [0.15, 0.2) is 24.3 Å². The first-order valence-electron chi connectivity index (χ1n) is 5.94. The van der Waals surface area contributed by atoms with Crippen LogP contribution in [0.25, 0.3) is 0 Å². The summed E-state index contributed by atoms with van der Waals surface area (Å²) in [5, 5.41) is 1.42. The van der Waals surface area contributed by atoms with Crippen molar-refractivity contribution in [2.75, 3.05) is 11.9 Å². The van der Waals surface area contributed by atoms with Crippen molar-refractivity contribution >= 4 is 17.3 Å². The van der Waals surface area contributed by atoms with Gasteiger partial charge in [-0.25, -0.2) is 0 Å². The largest absolute Gasteiger partial charge is 0.400 e. The number of fused-ring (bicyclic) bond motifs is 1. The minimum Gasteiger partial charge on any atom is -0.305 e. The molecule has 0 aliphatic carbocycles. The van der Waals surface area contributed by atoms with Crippen molar-refractivity contribution in [2.24, 2.45) is 5.41 Å². The van der Waals surface area contributed by atoms with Crippen LogP contribution in [0.2, 0.25) is 0 Å². The van der Waals surface area contributed by atoms with E-state index in [1.165, 1.54) is 17.3 Å². The SMILES string of the molecule is CN1C(=O)[C@H](C(C)(C)C(F)(F)F)[NH2+]c2ccccc21. The summed E-state index contributed by atoms with van der Waals surface area (Å²) in [6.07, 6.45) is -4.43. The van der Waals surface area contributed by atoms with Gasteiger partial charge in [0.25, 0.3) is 5.91 Å². The molecule has 0 unspecified atom stereocenters. The number of hydrogen-bond donors (Lipinski definition) is 1. The lowest BCUT2D eigenvalue weighted by Crippen LogP contribution is -2.94. The predicted octanol–water partition coefficient (Wildman–Crippen LogP) is 1.81. The predicted molar refractivity (Wildman–Crippen MR) is 65.1 cm³/mol. The van der Waals surface area contributed by atoms with Gasteiger partial charge < -0.3 is 10.2 Å². The van der Waals surface area contributed by atoms with Gasteiger partial charge in [-0.05, 0) is 19.9 Å². The Bertz CT molecular complexity index is 511. The second-order valence-corrected chi connectivity index (χ2v) is 5.32. The van der Waals surface area contributed by atoms with Gasteiger partial charge in [0.1, 0.15) is 11.1 Å². The Balaban J connectivity index is 2.45. The van der Waals surface area contributed by atoms with Crippen molar-refractivity contribution in [1.82, 2.24) is 0 Å². The molecule has 1 atom stereocenters. The van der Waals surface area contributed by atoms with E-state index >= 15 is 0 Å². The number of para-hydroxylation sites is 2. The zero-order valence-electron chi connectivity index (χ0n) is 11.0. The molecule has 19 heavy (non-hydrogen) atoms. The molecule has 1 heterocycles. The Morgan fingerprint density at radius 2 is 1.79 bits per heavy atom. The second kappa shape index (κ2) is 4.23. The molecule has 0 saturated carbocycles. The molecule has 1 aliphatic heterocycles. The lowest BCUT2D eigenvalue weighted by atomic mass is 9.81. The van der Waals surface area contributed by atoms with Crippen LogP contribution >= 0.6 is 0 Å². The Morgan fingerprint density at radius 3 is 2.37 bits per heavy atom. The maximum absolute atomic E-state index is 13.1. The Labute approximate surface area is 109 Å². The summed E-state index contributed by atoms with van der Waals surface area (Å²) in [7, 11) is 1.51. The first-order valence-corrected chi connectivity index (χ1v) is 5.94. The molecule has 1 aromatic carbocycles. The molecule has 1 aromatic rings. The fraction of sp³-hybridized carbons (Fsp3) is 0.462. The van der Waals surface area contributed by atoms with E-state index in [1.54, 1.807) is 24.3 Å². The zero-order valence-corrected chi connectivity index (χ0v) is 11.0. The highest BCUT2D eigenvalue weighted by Gasteiger charge is 2.59. The Morgan fingerprint density at radius 1 is 1.21 bits per heavy atom. The summed E-state index contributed by atoms with van der Waals surface area (Å²) >= 11 is 0. The van der Waals surface area contributed by atoms with Crippen LogP contribution in [-0.4, -0.2) is 25.2 Å². The number of hydrogen-bond acceptors (Lipinski definition) is 1. The summed E-state index contributed by atoms with van der Waals surface area (Å²) in [5.74, 6) is -0.527. The van der Waals surface area contributed by atoms with E-state index in [4.69, 9.17) is 0 Å². The maximum atomic E-state index is 13.1. The molecule has 2 N–H and O–H groups in total.